The van der Waals surface area contributed by atoms with Crippen LogP contribution >= 0.6 is 11.6 Å². The van der Waals surface area contributed by atoms with Crippen LogP contribution in [0.4, 0.5) is 0 Å². The fourth-order valence-corrected chi connectivity index (χ4v) is 4.17. The molecule has 0 spiro atoms. The molecule has 0 bridgehead atoms. The van der Waals surface area contributed by atoms with Crippen LogP contribution in [0.25, 0.3) is 5.76 Å². The molecule has 3 rings (SSSR count). The number of carbonyl (C=O) groups excluding carboxylic acids is 2. The number of likely N-dealkylation sites (tertiary alicyclic amines) is 1. The van der Waals surface area contributed by atoms with E-state index in [1.54, 1.807) is 37.4 Å². The summed E-state index contributed by atoms with van der Waals surface area (Å²) in [4.78, 5) is 27.6. The minimum absolute atomic E-state index is 0.0325. The average molecular weight is 490 g/mol. The molecule has 0 aromatic heterocycles. The highest BCUT2D eigenvalue weighted by molar-refractivity contribution is 6.46. The van der Waals surface area contributed by atoms with Gasteiger partial charge < -0.3 is 29.0 Å². The minimum Gasteiger partial charge on any atom is -0.507 e. The average Bonchev–Trinajstić information content (AvgIpc) is 3.09. The van der Waals surface area contributed by atoms with Crippen molar-refractivity contribution in [3.8, 4) is 17.2 Å². The van der Waals surface area contributed by atoms with Crippen molar-refractivity contribution >= 4 is 29.1 Å². The van der Waals surface area contributed by atoms with E-state index >= 15 is 0 Å². The molecule has 34 heavy (non-hydrogen) atoms. The summed E-state index contributed by atoms with van der Waals surface area (Å²) >= 11 is 6.30. The number of benzene rings is 2. The van der Waals surface area contributed by atoms with Gasteiger partial charge in [0.1, 0.15) is 11.5 Å². The maximum Gasteiger partial charge on any atom is 0.295 e. The lowest BCUT2D eigenvalue weighted by Gasteiger charge is -2.26. The van der Waals surface area contributed by atoms with E-state index in [-0.39, 0.29) is 22.9 Å². The number of aliphatic hydroxyl groups is 1. The first-order valence-electron chi connectivity index (χ1n) is 10.8. The summed E-state index contributed by atoms with van der Waals surface area (Å²) in [5, 5.41) is 11.5. The number of amides is 1. The molecule has 182 valence electrons. The van der Waals surface area contributed by atoms with E-state index in [2.05, 4.69) is 0 Å². The van der Waals surface area contributed by atoms with Crippen LogP contribution in [0.2, 0.25) is 5.02 Å². The van der Waals surface area contributed by atoms with Crippen LogP contribution in [0.15, 0.2) is 42.0 Å². The van der Waals surface area contributed by atoms with Crippen LogP contribution in [-0.4, -0.2) is 62.8 Å². The van der Waals surface area contributed by atoms with Gasteiger partial charge in [0.2, 0.25) is 0 Å². The Hall–Kier alpha value is -3.23. The van der Waals surface area contributed by atoms with Gasteiger partial charge in [0.25, 0.3) is 11.7 Å². The predicted molar refractivity (Wildman–Crippen MR) is 128 cm³/mol. The van der Waals surface area contributed by atoms with Gasteiger partial charge in [0.05, 0.1) is 37.5 Å². The molecular weight excluding hydrogens is 462 g/mol. The highest BCUT2D eigenvalue weighted by Crippen LogP contribution is 2.42. The first-order chi connectivity index (χ1) is 16.4. The number of halogens is 1. The van der Waals surface area contributed by atoms with E-state index < -0.39 is 17.7 Å². The Morgan fingerprint density at radius 1 is 1.03 bits per heavy atom. The van der Waals surface area contributed by atoms with Gasteiger partial charge >= 0.3 is 0 Å². The van der Waals surface area contributed by atoms with E-state index in [1.165, 1.54) is 25.2 Å². The maximum atomic E-state index is 13.1. The molecule has 1 atom stereocenters. The normalized spacial score (nSPS) is 17.2. The maximum absolute atomic E-state index is 13.1. The Morgan fingerprint density at radius 2 is 1.74 bits per heavy atom. The Morgan fingerprint density at radius 3 is 2.35 bits per heavy atom. The molecule has 2 aromatic carbocycles. The van der Waals surface area contributed by atoms with Gasteiger partial charge in [0, 0.05) is 25.8 Å². The number of Topliss-reactive ketones (excluding diaryl/α,β-unsaturated/α-hetero) is 1. The van der Waals surface area contributed by atoms with Crippen molar-refractivity contribution in [2.24, 2.45) is 0 Å². The Balaban J connectivity index is 2.15. The molecule has 1 N–H and O–H groups in total. The number of ether oxygens (including phenoxy) is 4. The molecule has 0 radical (unpaired) electrons. The summed E-state index contributed by atoms with van der Waals surface area (Å²) in [5.41, 5.74) is 0.858. The van der Waals surface area contributed by atoms with Crippen LogP contribution in [0.1, 0.15) is 30.5 Å². The van der Waals surface area contributed by atoms with E-state index in [0.717, 1.165) is 0 Å². The first kappa shape index (κ1) is 25.4. The molecule has 9 heteroatoms. The Bertz CT molecular complexity index is 1100. The summed E-state index contributed by atoms with van der Waals surface area (Å²) in [7, 11) is 4.58. The van der Waals surface area contributed by atoms with Crippen molar-refractivity contribution in [3.05, 3.63) is 58.1 Å². The van der Waals surface area contributed by atoms with E-state index in [4.69, 9.17) is 30.5 Å². The summed E-state index contributed by atoms with van der Waals surface area (Å²) in [6, 6.07) is 9.00. The van der Waals surface area contributed by atoms with Crippen molar-refractivity contribution in [1.82, 2.24) is 4.90 Å². The first-order valence-corrected chi connectivity index (χ1v) is 11.2. The van der Waals surface area contributed by atoms with E-state index in [0.29, 0.717) is 48.0 Å². The summed E-state index contributed by atoms with van der Waals surface area (Å²) in [5.74, 6) is -0.406. The summed E-state index contributed by atoms with van der Waals surface area (Å²) < 4.78 is 21.3. The summed E-state index contributed by atoms with van der Waals surface area (Å²) in [6.45, 7) is 2.93. The molecule has 0 saturated carbocycles. The molecule has 0 aliphatic carbocycles. The number of ketones is 1. The number of rotatable bonds is 10. The van der Waals surface area contributed by atoms with Gasteiger partial charge in [-0.2, -0.15) is 0 Å². The van der Waals surface area contributed by atoms with Crippen LogP contribution < -0.4 is 14.2 Å². The molecule has 1 saturated heterocycles. The minimum atomic E-state index is -0.831. The molecule has 1 unspecified atom stereocenters. The second-order valence-electron chi connectivity index (χ2n) is 7.53. The van der Waals surface area contributed by atoms with Gasteiger partial charge in [-0.3, -0.25) is 9.59 Å². The highest BCUT2D eigenvalue weighted by atomic mass is 35.5. The lowest BCUT2D eigenvalue weighted by Crippen LogP contribution is -2.31. The van der Waals surface area contributed by atoms with Gasteiger partial charge in [-0.1, -0.05) is 17.7 Å². The number of aliphatic hydroxyl groups excluding tert-OH is 1. The standard InChI is InChI=1S/C25H28ClNO7/c1-5-34-18-9-8-16(13-17(18)26)23(28)21-22(15-7-10-19(32-3)20(14-15)33-4)27(11-6-12-31-2)25(30)24(21)29/h7-10,13-14,22,28H,5-6,11-12H2,1-4H3/b23-21+. The number of carbonyl (C=O) groups is 2. The fourth-order valence-electron chi connectivity index (χ4n) is 3.94. The van der Waals surface area contributed by atoms with Gasteiger partial charge in [-0.15, -0.1) is 0 Å². The zero-order valence-corrected chi connectivity index (χ0v) is 20.3. The Labute approximate surface area is 203 Å². The largest absolute Gasteiger partial charge is 0.507 e. The van der Waals surface area contributed by atoms with Crippen molar-refractivity contribution in [2.45, 2.75) is 19.4 Å². The molecule has 1 fully saturated rings. The molecule has 1 heterocycles. The zero-order chi connectivity index (χ0) is 24.8. The molecular formula is C25H28ClNO7. The number of methoxy groups -OCH3 is 3. The molecule has 8 nitrogen and oxygen atoms in total. The predicted octanol–water partition coefficient (Wildman–Crippen LogP) is 4.21. The van der Waals surface area contributed by atoms with Crippen molar-refractivity contribution in [2.75, 3.05) is 41.1 Å². The van der Waals surface area contributed by atoms with Crippen LogP contribution in [-0.2, 0) is 14.3 Å². The smallest absolute Gasteiger partial charge is 0.295 e. The number of hydrogen-bond acceptors (Lipinski definition) is 7. The van der Waals surface area contributed by atoms with Crippen molar-refractivity contribution in [3.63, 3.8) is 0 Å². The van der Waals surface area contributed by atoms with E-state index in [9.17, 15) is 14.7 Å². The summed E-state index contributed by atoms with van der Waals surface area (Å²) in [6.07, 6.45) is 0.516. The molecule has 1 amide bonds. The van der Waals surface area contributed by atoms with Crippen LogP contribution in [0.3, 0.4) is 0 Å². The monoisotopic (exact) mass is 489 g/mol. The third kappa shape index (κ3) is 4.98. The topological polar surface area (TPSA) is 94.5 Å². The van der Waals surface area contributed by atoms with Crippen molar-refractivity contribution < 1.29 is 33.6 Å². The lowest BCUT2D eigenvalue weighted by atomic mass is 9.95. The quantitative estimate of drug-likeness (QED) is 0.231. The number of nitrogens with zero attached hydrogens (tertiary/aromatic N) is 1. The lowest BCUT2D eigenvalue weighted by molar-refractivity contribution is -0.140. The third-order valence-corrected chi connectivity index (χ3v) is 5.81. The van der Waals surface area contributed by atoms with E-state index in [1.807, 2.05) is 6.92 Å². The SMILES string of the molecule is CCOc1ccc(/C(O)=C2\C(=O)C(=O)N(CCCOC)C2c2ccc(OC)c(OC)c2)cc1Cl. The number of hydrogen-bond donors (Lipinski definition) is 1. The van der Waals surface area contributed by atoms with Gasteiger partial charge in [0.15, 0.2) is 11.5 Å². The highest BCUT2D eigenvalue weighted by Gasteiger charge is 2.46. The Kier molecular flexibility index (Phi) is 8.41. The van der Waals surface area contributed by atoms with Gasteiger partial charge in [-0.25, -0.2) is 0 Å². The molecule has 1 aliphatic heterocycles. The zero-order valence-electron chi connectivity index (χ0n) is 19.6. The van der Waals surface area contributed by atoms with Crippen molar-refractivity contribution in [1.29, 1.82) is 0 Å². The van der Waals surface area contributed by atoms with Crippen LogP contribution in [0, 0.1) is 0 Å². The van der Waals surface area contributed by atoms with Crippen LogP contribution in [0.5, 0.6) is 17.2 Å². The second-order valence-corrected chi connectivity index (χ2v) is 7.94. The second kappa shape index (κ2) is 11.3. The van der Waals surface area contributed by atoms with Gasteiger partial charge in [-0.05, 0) is 49.2 Å². The molecule has 2 aromatic rings. The fraction of sp³-hybridized carbons (Fsp3) is 0.360. The third-order valence-electron chi connectivity index (χ3n) is 5.52. The molecule has 1 aliphatic rings.